The Bertz CT molecular complexity index is 334. The molecule has 1 rings (SSSR count). The largest absolute Gasteiger partial charge is 0.494 e. The second-order valence-corrected chi connectivity index (χ2v) is 5.35. The van der Waals surface area contributed by atoms with Gasteiger partial charge in [0.15, 0.2) is 0 Å². The first-order valence-corrected chi connectivity index (χ1v) is 8.27. The van der Waals surface area contributed by atoms with Crippen LogP contribution in [0.3, 0.4) is 0 Å². The summed E-state index contributed by atoms with van der Waals surface area (Å²) in [5.41, 5.74) is 1.35. The predicted molar refractivity (Wildman–Crippen MR) is 87.4 cm³/mol. The van der Waals surface area contributed by atoms with Crippen LogP contribution >= 0.6 is 0 Å². The van der Waals surface area contributed by atoms with E-state index in [1.165, 1.54) is 31.2 Å². The summed E-state index contributed by atoms with van der Waals surface area (Å²) in [6.07, 6.45) is 7.54. The van der Waals surface area contributed by atoms with Crippen molar-refractivity contribution in [3.8, 4) is 5.75 Å². The molecule has 0 aliphatic rings. The number of nitrogens with one attached hydrogen (secondary N) is 1. The third-order valence-electron chi connectivity index (χ3n) is 3.66. The fourth-order valence-electron chi connectivity index (χ4n) is 2.44. The normalized spacial score (nSPS) is 12.3. The third-order valence-corrected chi connectivity index (χ3v) is 3.66. The number of hydrogen-bond acceptors (Lipinski definition) is 2. The highest BCUT2D eigenvalue weighted by atomic mass is 16.5. The van der Waals surface area contributed by atoms with Gasteiger partial charge in [-0.3, -0.25) is 0 Å². The van der Waals surface area contributed by atoms with E-state index in [1.54, 1.807) is 0 Å². The first-order chi connectivity index (χ1) is 9.81. The molecule has 1 aromatic carbocycles. The second-order valence-electron chi connectivity index (χ2n) is 5.35. The Morgan fingerprint density at radius 1 is 0.950 bits per heavy atom. The summed E-state index contributed by atoms with van der Waals surface area (Å²) in [6.45, 7) is 8.46. The molecular weight excluding hydrogens is 246 g/mol. The van der Waals surface area contributed by atoms with Gasteiger partial charge in [-0.1, -0.05) is 58.6 Å². The molecule has 2 heteroatoms. The van der Waals surface area contributed by atoms with Gasteiger partial charge < -0.3 is 10.1 Å². The molecule has 1 N–H and O–H groups in total. The minimum atomic E-state index is 0.461. The quantitative estimate of drug-likeness (QED) is 0.568. The lowest BCUT2D eigenvalue weighted by molar-refractivity contribution is 0.304. The van der Waals surface area contributed by atoms with Crippen molar-refractivity contribution in [2.24, 2.45) is 0 Å². The Balaban J connectivity index is 2.31. The molecule has 0 bridgehead atoms. The van der Waals surface area contributed by atoms with Crippen molar-refractivity contribution in [3.05, 3.63) is 29.8 Å². The average Bonchev–Trinajstić information content (AvgIpc) is 2.49. The highest BCUT2D eigenvalue weighted by molar-refractivity contribution is 5.29. The summed E-state index contributed by atoms with van der Waals surface area (Å²) >= 11 is 0. The van der Waals surface area contributed by atoms with Crippen LogP contribution in [0.25, 0.3) is 0 Å². The molecule has 1 atom stereocenters. The Morgan fingerprint density at radius 3 is 2.25 bits per heavy atom. The van der Waals surface area contributed by atoms with Crippen LogP contribution in [0.2, 0.25) is 0 Å². The summed E-state index contributed by atoms with van der Waals surface area (Å²) in [6, 6.07) is 9.03. The minimum absolute atomic E-state index is 0.461. The molecular formula is C18H31NO. The van der Waals surface area contributed by atoms with Crippen molar-refractivity contribution >= 4 is 0 Å². The van der Waals surface area contributed by atoms with Gasteiger partial charge in [0.25, 0.3) is 0 Å². The van der Waals surface area contributed by atoms with E-state index in [0.29, 0.717) is 6.04 Å². The predicted octanol–water partition coefficient (Wildman–Crippen LogP) is 5.10. The molecule has 2 nitrogen and oxygen atoms in total. The van der Waals surface area contributed by atoms with Crippen molar-refractivity contribution < 1.29 is 4.74 Å². The van der Waals surface area contributed by atoms with Gasteiger partial charge in [-0.05, 0) is 37.1 Å². The maximum atomic E-state index is 5.79. The monoisotopic (exact) mass is 277 g/mol. The van der Waals surface area contributed by atoms with Gasteiger partial charge in [0.2, 0.25) is 0 Å². The van der Waals surface area contributed by atoms with Gasteiger partial charge in [-0.15, -0.1) is 0 Å². The number of hydrogen-bond donors (Lipinski definition) is 1. The summed E-state index contributed by atoms with van der Waals surface area (Å²) in [4.78, 5) is 0. The Hall–Kier alpha value is -1.02. The molecule has 1 aromatic rings. The lowest BCUT2D eigenvalue weighted by Gasteiger charge is -2.16. The van der Waals surface area contributed by atoms with Crippen molar-refractivity contribution in [1.29, 1.82) is 0 Å². The van der Waals surface area contributed by atoms with E-state index >= 15 is 0 Å². The van der Waals surface area contributed by atoms with Crippen LogP contribution in [0, 0.1) is 0 Å². The smallest absolute Gasteiger partial charge is 0.119 e. The van der Waals surface area contributed by atoms with Crippen LogP contribution in [0.5, 0.6) is 5.75 Å². The first-order valence-electron chi connectivity index (χ1n) is 8.27. The Labute approximate surface area is 124 Å². The van der Waals surface area contributed by atoms with Crippen molar-refractivity contribution in [2.75, 3.05) is 13.2 Å². The molecule has 1 unspecified atom stereocenters. The highest BCUT2D eigenvalue weighted by Gasteiger charge is 2.07. The molecule has 0 heterocycles. The average molecular weight is 277 g/mol. The maximum Gasteiger partial charge on any atom is 0.119 e. The molecule has 0 amide bonds. The van der Waals surface area contributed by atoms with Gasteiger partial charge in [0.05, 0.1) is 6.61 Å². The zero-order valence-corrected chi connectivity index (χ0v) is 13.5. The van der Waals surface area contributed by atoms with E-state index in [4.69, 9.17) is 4.74 Å². The fraction of sp³-hybridized carbons (Fsp3) is 0.667. The van der Waals surface area contributed by atoms with Gasteiger partial charge in [0.1, 0.15) is 5.75 Å². The fourth-order valence-corrected chi connectivity index (χ4v) is 2.44. The molecule has 0 aliphatic heterocycles. The summed E-state index contributed by atoms with van der Waals surface area (Å²) in [7, 11) is 0. The molecule has 20 heavy (non-hydrogen) atoms. The lowest BCUT2D eigenvalue weighted by atomic mass is 10.0. The van der Waals surface area contributed by atoms with Crippen molar-refractivity contribution in [3.63, 3.8) is 0 Å². The summed E-state index contributed by atoms with van der Waals surface area (Å²) in [5.74, 6) is 0.996. The Kier molecular flexibility index (Phi) is 9.14. The van der Waals surface area contributed by atoms with Gasteiger partial charge >= 0.3 is 0 Å². The summed E-state index contributed by atoms with van der Waals surface area (Å²) in [5, 5.41) is 3.50. The molecule has 0 radical (unpaired) electrons. The van der Waals surface area contributed by atoms with E-state index < -0.39 is 0 Å². The van der Waals surface area contributed by atoms with E-state index in [1.807, 2.05) is 0 Å². The minimum Gasteiger partial charge on any atom is -0.494 e. The molecule has 0 aliphatic carbocycles. The van der Waals surface area contributed by atoms with Crippen LogP contribution in [0.1, 0.15) is 70.9 Å². The van der Waals surface area contributed by atoms with Crippen LogP contribution in [-0.2, 0) is 0 Å². The lowest BCUT2D eigenvalue weighted by Crippen LogP contribution is -2.19. The SMILES string of the molecule is CCCCCCCOc1ccc(C(CC)NCC)cc1. The number of benzene rings is 1. The van der Waals surface area contributed by atoms with Crippen LogP contribution in [0.15, 0.2) is 24.3 Å². The highest BCUT2D eigenvalue weighted by Crippen LogP contribution is 2.20. The topological polar surface area (TPSA) is 21.3 Å². The van der Waals surface area contributed by atoms with Crippen LogP contribution in [-0.4, -0.2) is 13.2 Å². The van der Waals surface area contributed by atoms with Crippen molar-refractivity contribution in [2.45, 2.75) is 65.3 Å². The van der Waals surface area contributed by atoms with Gasteiger partial charge in [-0.2, -0.15) is 0 Å². The summed E-state index contributed by atoms with van der Waals surface area (Å²) < 4.78 is 5.79. The van der Waals surface area contributed by atoms with Crippen LogP contribution in [0.4, 0.5) is 0 Å². The number of ether oxygens (including phenoxy) is 1. The molecule has 0 aromatic heterocycles. The van der Waals surface area contributed by atoms with E-state index in [2.05, 4.69) is 50.4 Å². The standard InChI is InChI=1S/C18H31NO/c1-4-7-8-9-10-15-20-17-13-11-16(12-14-17)18(5-2)19-6-3/h11-14,18-19H,4-10,15H2,1-3H3. The molecule has 0 spiro atoms. The van der Waals surface area contributed by atoms with Crippen molar-refractivity contribution in [1.82, 2.24) is 5.32 Å². The Morgan fingerprint density at radius 2 is 1.65 bits per heavy atom. The van der Waals surface area contributed by atoms with Gasteiger partial charge in [-0.25, -0.2) is 0 Å². The zero-order chi connectivity index (χ0) is 14.6. The maximum absolute atomic E-state index is 5.79. The zero-order valence-electron chi connectivity index (χ0n) is 13.5. The van der Waals surface area contributed by atoms with E-state index in [0.717, 1.165) is 31.7 Å². The molecule has 0 fully saturated rings. The number of rotatable bonds is 11. The van der Waals surface area contributed by atoms with E-state index in [-0.39, 0.29) is 0 Å². The van der Waals surface area contributed by atoms with Gasteiger partial charge in [0, 0.05) is 6.04 Å². The molecule has 0 saturated carbocycles. The first kappa shape index (κ1) is 17.0. The second kappa shape index (κ2) is 10.7. The number of unbranched alkanes of at least 4 members (excludes halogenated alkanes) is 4. The molecule has 114 valence electrons. The third kappa shape index (κ3) is 6.42. The van der Waals surface area contributed by atoms with Crippen LogP contribution < -0.4 is 10.1 Å². The van der Waals surface area contributed by atoms with E-state index in [9.17, 15) is 0 Å². The molecule has 0 saturated heterocycles.